The number of anilines is 1. The van der Waals surface area contributed by atoms with Crippen molar-refractivity contribution in [1.82, 2.24) is 0 Å². The summed E-state index contributed by atoms with van der Waals surface area (Å²) >= 11 is 0. The van der Waals surface area contributed by atoms with E-state index in [0.717, 1.165) is 18.2 Å². The van der Waals surface area contributed by atoms with E-state index in [1.54, 1.807) is 6.92 Å². The second kappa shape index (κ2) is 4.58. The van der Waals surface area contributed by atoms with Gasteiger partial charge in [-0.15, -0.1) is 0 Å². The summed E-state index contributed by atoms with van der Waals surface area (Å²) in [6.07, 6.45) is 0.205. The first-order chi connectivity index (χ1) is 7.34. The van der Waals surface area contributed by atoms with Crippen LogP contribution in [0.25, 0.3) is 0 Å². The Labute approximate surface area is 92.5 Å². The van der Waals surface area contributed by atoms with Gasteiger partial charge in [0.05, 0.1) is 10.6 Å². The van der Waals surface area contributed by atoms with Gasteiger partial charge >= 0.3 is 0 Å². The maximum atomic E-state index is 13.3. The summed E-state index contributed by atoms with van der Waals surface area (Å²) in [5, 5.41) is 7.11. The molecule has 0 radical (unpaired) electrons. The van der Waals surface area contributed by atoms with E-state index in [9.17, 15) is 17.6 Å². The van der Waals surface area contributed by atoms with Crippen LogP contribution in [0.3, 0.4) is 0 Å². The number of carbonyl (C=O) groups excluding carboxylic acids is 1. The molecule has 0 aromatic heterocycles. The molecule has 0 saturated carbocycles. The molecule has 0 aliphatic rings. The van der Waals surface area contributed by atoms with Gasteiger partial charge < -0.3 is 5.32 Å². The van der Waals surface area contributed by atoms with Gasteiger partial charge in [0.15, 0.2) is 0 Å². The van der Waals surface area contributed by atoms with Crippen molar-refractivity contribution in [2.75, 3.05) is 5.32 Å². The molecule has 16 heavy (non-hydrogen) atoms. The average Bonchev–Trinajstić information content (AvgIpc) is 2.19. The standard InChI is InChI=1S/C9H11FN2O3S/c1-2-9(13)12-8-4-3-6(5-7(8)10)16(11,14)15/h3-5H,2H2,1H3,(H,12,13)(H2,11,14,15). The number of primary sulfonamides is 1. The smallest absolute Gasteiger partial charge is 0.238 e. The minimum absolute atomic E-state index is 0.0701. The minimum Gasteiger partial charge on any atom is -0.324 e. The molecule has 0 aliphatic carbocycles. The Bertz CT molecular complexity index is 513. The van der Waals surface area contributed by atoms with Gasteiger partial charge in [-0.25, -0.2) is 17.9 Å². The molecule has 0 atom stereocenters. The average molecular weight is 246 g/mol. The van der Waals surface area contributed by atoms with Crippen LogP contribution in [0.4, 0.5) is 10.1 Å². The maximum Gasteiger partial charge on any atom is 0.238 e. The molecule has 0 bridgehead atoms. The first kappa shape index (κ1) is 12.6. The Morgan fingerprint density at radius 2 is 2.12 bits per heavy atom. The number of benzene rings is 1. The predicted molar refractivity (Wildman–Crippen MR) is 56.7 cm³/mol. The number of hydrogen-bond donors (Lipinski definition) is 2. The van der Waals surface area contributed by atoms with Crippen molar-refractivity contribution in [2.45, 2.75) is 18.2 Å². The fraction of sp³-hybridized carbons (Fsp3) is 0.222. The number of nitrogens with one attached hydrogen (secondary N) is 1. The number of nitrogens with two attached hydrogens (primary N) is 1. The highest BCUT2D eigenvalue weighted by molar-refractivity contribution is 7.89. The summed E-state index contributed by atoms with van der Waals surface area (Å²) in [7, 11) is -3.93. The molecule has 1 rings (SSSR count). The van der Waals surface area contributed by atoms with Crippen LogP contribution in [-0.2, 0) is 14.8 Å². The summed E-state index contributed by atoms with van der Waals surface area (Å²) in [6.45, 7) is 1.62. The van der Waals surface area contributed by atoms with Gasteiger partial charge in [0.25, 0.3) is 0 Å². The van der Waals surface area contributed by atoms with Gasteiger partial charge in [0.2, 0.25) is 15.9 Å². The molecule has 0 unspecified atom stereocenters. The number of rotatable bonds is 3. The molecule has 1 amide bonds. The third kappa shape index (κ3) is 3.01. The van der Waals surface area contributed by atoms with E-state index >= 15 is 0 Å². The monoisotopic (exact) mass is 246 g/mol. The van der Waals surface area contributed by atoms with Crippen molar-refractivity contribution in [2.24, 2.45) is 5.14 Å². The first-order valence-corrected chi connectivity index (χ1v) is 6.01. The fourth-order valence-electron chi connectivity index (χ4n) is 1.01. The third-order valence-corrected chi connectivity index (χ3v) is 2.78. The van der Waals surface area contributed by atoms with Crippen molar-refractivity contribution in [3.63, 3.8) is 0 Å². The van der Waals surface area contributed by atoms with Crippen LogP contribution >= 0.6 is 0 Å². The van der Waals surface area contributed by atoms with Gasteiger partial charge in [0.1, 0.15) is 5.82 Å². The van der Waals surface area contributed by atoms with E-state index in [1.807, 2.05) is 0 Å². The molecule has 7 heteroatoms. The van der Waals surface area contributed by atoms with Crippen molar-refractivity contribution < 1.29 is 17.6 Å². The van der Waals surface area contributed by atoms with E-state index in [4.69, 9.17) is 5.14 Å². The quantitative estimate of drug-likeness (QED) is 0.827. The lowest BCUT2D eigenvalue weighted by molar-refractivity contribution is -0.115. The van der Waals surface area contributed by atoms with Crippen molar-refractivity contribution in [3.8, 4) is 0 Å². The lowest BCUT2D eigenvalue weighted by Gasteiger charge is -2.06. The number of amides is 1. The first-order valence-electron chi connectivity index (χ1n) is 4.46. The Hall–Kier alpha value is -1.47. The van der Waals surface area contributed by atoms with Gasteiger partial charge in [-0.1, -0.05) is 6.92 Å². The molecule has 1 aromatic rings. The summed E-state index contributed by atoms with van der Waals surface area (Å²) in [5.74, 6) is -1.20. The summed E-state index contributed by atoms with van der Waals surface area (Å²) in [4.78, 5) is 10.7. The van der Waals surface area contributed by atoms with E-state index in [-0.39, 0.29) is 22.9 Å². The normalized spacial score (nSPS) is 11.2. The fourth-order valence-corrected chi connectivity index (χ4v) is 1.54. The highest BCUT2D eigenvalue weighted by Crippen LogP contribution is 2.18. The Morgan fingerprint density at radius 1 is 1.50 bits per heavy atom. The second-order valence-corrected chi connectivity index (χ2v) is 4.65. The van der Waals surface area contributed by atoms with E-state index in [1.165, 1.54) is 0 Å². The SMILES string of the molecule is CCC(=O)Nc1ccc(S(N)(=O)=O)cc1F. The highest BCUT2D eigenvalue weighted by Gasteiger charge is 2.12. The maximum absolute atomic E-state index is 13.3. The van der Waals surface area contributed by atoms with Crippen LogP contribution in [0.2, 0.25) is 0 Å². The summed E-state index contributed by atoms with van der Waals surface area (Å²) < 4.78 is 35.1. The number of carbonyl (C=O) groups is 1. The highest BCUT2D eigenvalue weighted by atomic mass is 32.2. The number of hydrogen-bond acceptors (Lipinski definition) is 3. The van der Waals surface area contributed by atoms with E-state index in [0.29, 0.717) is 0 Å². The zero-order valence-corrected chi connectivity index (χ0v) is 9.34. The van der Waals surface area contributed by atoms with Crippen molar-refractivity contribution in [3.05, 3.63) is 24.0 Å². The largest absolute Gasteiger partial charge is 0.324 e. The Morgan fingerprint density at radius 3 is 2.56 bits per heavy atom. The van der Waals surface area contributed by atoms with Crippen LogP contribution in [0.5, 0.6) is 0 Å². The second-order valence-electron chi connectivity index (χ2n) is 3.09. The molecule has 88 valence electrons. The zero-order valence-electron chi connectivity index (χ0n) is 8.53. The van der Waals surface area contributed by atoms with Crippen molar-refractivity contribution in [1.29, 1.82) is 0 Å². The molecular formula is C9H11FN2O3S. The molecule has 0 heterocycles. The molecule has 0 saturated heterocycles. The zero-order chi connectivity index (χ0) is 12.3. The van der Waals surface area contributed by atoms with Gasteiger partial charge in [-0.3, -0.25) is 4.79 Å². The van der Waals surface area contributed by atoms with Crippen LogP contribution < -0.4 is 10.5 Å². The van der Waals surface area contributed by atoms with Crippen LogP contribution in [-0.4, -0.2) is 14.3 Å². The molecule has 0 aliphatic heterocycles. The van der Waals surface area contributed by atoms with Gasteiger partial charge in [-0.05, 0) is 18.2 Å². The molecule has 3 N–H and O–H groups in total. The summed E-state index contributed by atoms with van der Waals surface area (Å²) in [5.41, 5.74) is -0.0701. The molecule has 1 aromatic carbocycles. The number of sulfonamides is 1. The lowest BCUT2D eigenvalue weighted by Crippen LogP contribution is -2.14. The van der Waals surface area contributed by atoms with Crippen LogP contribution in [0, 0.1) is 5.82 Å². The molecular weight excluding hydrogens is 235 g/mol. The van der Waals surface area contributed by atoms with Crippen molar-refractivity contribution >= 4 is 21.6 Å². The Kier molecular flexibility index (Phi) is 3.61. The predicted octanol–water partition coefficient (Wildman–Crippen LogP) is 0.822. The molecule has 5 nitrogen and oxygen atoms in total. The number of halogens is 1. The summed E-state index contributed by atoms with van der Waals surface area (Å²) in [6, 6.07) is 3.05. The topological polar surface area (TPSA) is 89.3 Å². The van der Waals surface area contributed by atoms with E-state index in [2.05, 4.69) is 5.32 Å². The minimum atomic E-state index is -3.93. The van der Waals surface area contributed by atoms with E-state index < -0.39 is 15.8 Å². The molecule has 0 fully saturated rings. The molecule has 0 spiro atoms. The third-order valence-electron chi connectivity index (χ3n) is 1.86. The van der Waals surface area contributed by atoms with Gasteiger partial charge in [-0.2, -0.15) is 0 Å². The van der Waals surface area contributed by atoms with Crippen LogP contribution in [0.1, 0.15) is 13.3 Å². The van der Waals surface area contributed by atoms with Crippen LogP contribution in [0.15, 0.2) is 23.1 Å². The lowest BCUT2D eigenvalue weighted by atomic mass is 10.3. The van der Waals surface area contributed by atoms with Gasteiger partial charge in [0, 0.05) is 6.42 Å². The Balaban J connectivity index is 3.06.